The van der Waals surface area contributed by atoms with E-state index in [1.54, 1.807) is 0 Å². The Labute approximate surface area is 96.4 Å². The van der Waals surface area contributed by atoms with Crippen LogP contribution in [0.5, 0.6) is 0 Å². The Morgan fingerprint density at radius 1 is 1.31 bits per heavy atom. The van der Waals surface area contributed by atoms with Crippen LogP contribution in [0.15, 0.2) is 16.7 Å². The number of hydrogen-bond donors (Lipinski definition) is 1. The third kappa shape index (κ3) is 1.01. The van der Waals surface area contributed by atoms with Gasteiger partial charge in [-0.25, -0.2) is 0 Å². The van der Waals surface area contributed by atoms with Crippen molar-refractivity contribution < 1.29 is 4.42 Å². The monoisotopic (exact) mass is 217 g/mol. The van der Waals surface area contributed by atoms with Crippen molar-refractivity contribution in [3.05, 3.63) is 23.7 Å². The minimum atomic E-state index is 0.238. The first kappa shape index (κ1) is 9.29. The molecule has 4 rings (SSSR count). The van der Waals surface area contributed by atoms with Gasteiger partial charge in [-0.15, -0.1) is 0 Å². The molecule has 3 unspecified atom stereocenters. The molecular formula is C14H19NO. The van der Waals surface area contributed by atoms with Crippen molar-refractivity contribution in [3.63, 3.8) is 0 Å². The first-order chi connectivity index (χ1) is 7.90. The quantitative estimate of drug-likeness (QED) is 0.723. The molecule has 0 amide bonds. The summed E-state index contributed by atoms with van der Waals surface area (Å²) in [6.45, 7) is 1.13. The molecule has 1 spiro atoms. The fourth-order valence-electron chi connectivity index (χ4n) is 4.39. The van der Waals surface area contributed by atoms with Crippen LogP contribution >= 0.6 is 0 Å². The van der Waals surface area contributed by atoms with E-state index in [0.29, 0.717) is 0 Å². The smallest absolute Gasteiger partial charge is 0.127 e. The summed E-state index contributed by atoms with van der Waals surface area (Å²) in [5, 5.41) is 3.78. The largest absolute Gasteiger partial charge is 0.467 e. The number of furan rings is 1. The highest BCUT2D eigenvalue weighted by atomic mass is 16.3. The molecule has 2 fully saturated rings. The van der Waals surface area contributed by atoms with Crippen LogP contribution in [-0.4, -0.2) is 6.54 Å². The molecule has 2 heteroatoms. The molecule has 2 saturated carbocycles. The van der Waals surface area contributed by atoms with Crippen LogP contribution in [-0.2, 0) is 12.0 Å². The maximum atomic E-state index is 5.80. The molecule has 16 heavy (non-hydrogen) atoms. The zero-order chi connectivity index (χ0) is 10.6. The average Bonchev–Trinajstić information content (AvgIpc) is 2.76. The van der Waals surface area contributed by atoms with E-state index in [2.05, 4.69) is 11.4 Å². The molecule has 1 N–H and O–H groups in total. The molecule has 0 aromatic carbocycles. The van der Waals surface area contributed by atoms with Gasteiger partial charge in [0.15, 0.2) is 0 Å². The molecular weight excluding hydrogens is 198 g/mol. The lowest BCUT2D eigenvalue weighted by Crippen LogP contribution is -2.63. The summed E-state index contributed by atoms with van der Waals surface area (Å²) < 4.78 is 5.80. The highest BCUT2D eigenvalue weighted by Crippen LogP contribution is 2.58. The lowest BCUT2D eigenvalue weighted by molar-refractivity contribution is -0.0486. The minimum absolute atomic E-state index is 0.238. The van der Waals surface area contributed by atoms with Crippen molar-refractivity contribution >= 4 is 0 Å². The summed E-state index contributed by atoms with van der Waals surface area (Å²) in [5.74, 6) is 3.10. The number of nitrogens with one attached hydrogen (secondary N) is 1. The standard InChI is InChI=1S/C14H19NO/c1-2-4-12-11(3-1)9-14(12)13-10(5-7-15-14)6-8-16-13/h6,8,11-12,15H,1-5,7,9H2. The maximum Gasteiger partial charge on any atom is 0.127 e. The molecule has 3 atom stereocenters. The summed E-state index contributed by atoms with van der Waals surface area (Å²) in [4.78, 5) is 0. The third-order valence-electron chi connectivity index (χ3n) is 5.11. The molecule has 0 saturated heterocycles. The summed E-state index contributed by atoms with van der Waals surface area (Å²) in [6, 6.07) is 2.17. The highest BCUT2D eigenvalue weighted by Gasteiger charge is 2.58. The summed E-state index contributed by atoms with van der Waals surface area (Å²) in [5.41, 5.74) is 1.70. The van der Waals surface area contributed by atoms with E-state index in [-0.39, 0.29) is 5.54 Å². The van der Waals surface area contributed by atoms with Crippen molar-refractivity contribution in [2.24, 2.45) is 11.8 Å². The molecule has 2 nitrogen and oxygen atoms in total. The average molecular weight is 217 g/mol. The maximum absolute atomic E-state index is 5.80. The molecule has 0 radical (unpaired) electrons. The normalized spacial score (nSPS) is 41.2. The Morgan fingerprint density at radius 2 is 2.25 bits per heavy atom. The van der Waals surface area contributed by atoms with E-state index < -0.39 is 0 Å². The van der Waals surface area contributed by atoms with E-state index in [9.17, 15) is 0 Å². The van der Waals surface area contributed by atoms with Gasteiger partial charge in [0.2, 0.25) is 0 Å². The molecule has 1 aromatic heterocycles. The first-order valence-electron chi connectivity index (χ1n) is 6.72. The Kier molecular flexibility index (Phi) is 1.82. The zero-order valence-corrected chi connectivity index (χ0v) is 9.67. The van der Waals surface area contributed by atoms with Crippen LogP contribution in [0.25, 0.3) is 0 Å². The van der Waals surface area contributed by atoms with Gasteiger partial charge in [-0.05, 0) is 42.7 Å². The van der Waals surface area contributed by atoms with Gasteiger partial charge in [0.05, 0.1) is 11.8 Å². The Hall–Kier alpha value is -0.760. The van der Waals surface area contributed by atoms with Gasteiger partial charge in [0.1, 0.15) is 5.76 Å². The molecule has 3 aliphatic rings. The van der Waals surface area contributed by atoms with Gasteiger partial charge >= 0.3 is 0 Å². The Bertz CT molecular complexity index is 411. The van der Waals surface area contributed by atoms with Gasteiger partial charge in [0.25, 0.3) is 0 Å². The molecule has 0 bridgehead atoms. The lowest BCUT2D eigenvalue weighted by atomic mass is 9.52. The van der Waals surface area contributed by atoms with E-state index >= 15 is 0 Å². The molecule has 1 aromatic rings. The molecule has 2 aliphatic carbocycles. The lowest BCUT2D eigenvalue weighted by Gasteiger charge is -2.58. The number of fused-ring (bicyclic) bond motifs is 4. The molecule has 1 aliphatic heterocycles. The summed E-state index contributed by atoms with van der Waals surface area (Å²) >= 11 is 0. The highest BCUT2D eigenvalue weighted by molar-refractivity contribution is 5.32. The second-order valence-corrected chi connectivity index (χ2v) is 5.78. The van der Waals surface area contributed by atoms with E-state index in [0.717, 1.165) is 24.8 Å². The minimum Gasteiger partial charge on any atom is -0.467 e. The SMILES string of the molecule is c1cc2c(o1)C1(CC3CCCCC31)NCC2. The van der Waals surface area contributed by atoms with Crippen LogP contribution in [0.3, 0.4) is 0 Å². The van der Waals surface area contributed by atoms with Gasteiger partial charge in [0, 0.05) is 6.54 Å². The van der Waals surface area contributed by atoms with Crippen LogP contribution in [0.4, 0.5) is 0 Å². The Balaban J connectivity index is 1.74. The van der Waals surface area contributed by atoms with Crippen LogP contribution in [0.2, 0.25) is 0 Å². The van der Waals surface area contributed by atoms with E-state index in [4.69, 9.17) is 4.42 Å². The molecule has 86 valence electrons. The Morgan fingerprint density at radius 3 is 3.19 bits per heavy atom. The number of rotatable bonds is 0. The topological polar surface area (TPSA) is 25.2 Å². The fraction of sp³-hybridized carbons (Fsp3) is 0.714. The predicted molar refractivity (Wildman–Crippen MR) is 62.2 cm³/mol. The summed E-state index contributed by atoms with van der Waals surface area (Å²) in [7, 11) is 0. The third-order valence-corrected chi connectivity index (χ3v) is 5.11. The number of hydrogen-bond acceptors (Lipinski definition) is 2. The summed E-state index contributed by atoms with van der Waals surface area (Å²) in [6.07, 6.45) is 10.1. The van der Waals surface area contributed by atoms with Crippen molar-refractivity contribution in [3.8, 4) is 0 Å². The zero-order valence-electron chi connectivity index (χ0n) is 9.67. The van der Waals surface area contributed by atoms with Crippen molar-refractivity contribution in [2.75, 3.05) is 6.54 Å². The van der Waals surface area contributed by atoms with Crippen molar-refractivity contribution in [1.82, 2.24) is 5.32 Å². The predicted octanol–water partition coefficient (Wildman–Crippen LogP) is 2.83. The van der Waals surface area contributed by atoms with E-state index in [1.807, 2.05) is 6.26 Å². The molecule has 2 heterocycles. The first-order valence-corrected chi connectivity index (χ1v) is 6.72. The van der Waals surface area contributed by atoms with Gasteiger partial charge in [-0.3, -0.25) is 0 Å². The van der Waals surface area contributed by atoms with Gasteiger partial charge in [-0.1, -0.05) is 19.3 Å². The van der Waals surface area contributed by atoms with Crippen LogP contribution < -0.4 is 5.32 Å². The van der Waals surface area contributed by atoms with E-state index in [1.165, 1.54) is 43.4 Å². The van der Waals surface area contributed by atoms with Crippen LogP contribution in [0.1, 0.15) is 43.4 Å². The van der Waals surface area contributed by atoms with Crippen molar-refractivity contribution in [2.45, 2.75) is 44.1 Å². The van der Waals surface area contributed by atoms with Crippen LogP contribution in [0, 0.1) is 11.8 Å². The fourth-order valence-corrected chi connectivity index (χ4v) is 4.39. The van der Waals surface area contributed by atoms with Crippen molar-refractivity contribution in [1.29, 1.82) is 0 Å². The van der Waals surface area contributed by atoms with Gasteiger partial charge in [-0.2, -0.15) is 0 Å². The second kappa shape index (κ2) is 3.13. The van der Waals surface area contributed by atoms with Gasteiger partial charge < -0.3 is 9.73 Å². The second-order valence-electron chi connectivity index (χ2n) is 5.78.